The van der Waals surface area contributed by atoms with Crippen LogP contribution in [0.3, 0.4) is 0 Å². The molecule has 7 heteroatoms. The first-order valence-electron chi connectivity index (χ1n) is 7.46. The van der Waals surface area contributed by atoms with Gasteiger partial charge in [-0.3, -0.25) is 4.79 Å². The summed E-state index contributed by atoms with van der Waals surface area (Å²) in [5, 5.41) is 5.83. The summed E-state index contributed by atoms with van der Waals surface area (Å²) in [5.74, 6) is 0.870. The van der Waals surface area contributed by atoms with Gasteiger partial charge in [0.2, 0.25) is 5.91 Å². The molecule has 2 aromatic carbocycles. The molecule has 0 aliphatic carbocycles. The monoisotopic (exact) mass is 394 g/mol. The summed E-state index contributed by atoms with van der Waals surface area (Å²) < 4.78 is 24.6. The summed E-state index contributed by atoms with van der Waals surface area (Å²) in [6.45, 7) is 1.49. The third kappa shape index (κ3) is 4.17. The Hall–Kier alpha value is -2.28. The third-order valence-corrected chi connectivity index (χ3v) is 4.13. The quantitative estimate of drug-likeness (QED) is 0.817. The predicted molar refractivity (Wildman–Crippen MR) is 91.9 cm³/mol. The number of anilines is 1. The Bertz CT molecular complexity index is 737. The maximum atomic E-state index is 12.8. The molecular formula is C17H16BrFN2O3. The minimum atomic E-state index is -0.296. The molecule has 1 amide bonds. The Labute approximate surface area is 147 Å². The molecule has 0 spiro atoms. The van der Waals surface area contributed by atoms with Gasteiger partial charge in [0.15, 0.2) is 11.5 Å². The van der Waals surface area contributed by atoms with E-state index in [1.807, 2.05) is 6.07 Å². The molecule has 1 heterocycles. The molecule has 0 fully saturated rings. The Morgan fingerprint density at radius 1 is 1.12 bits per heavy atom. The molecule has 0 aromatic heterocycles. The van der Waals surface area contributed by atoms with Crippen molar-refractivity contribution in [2.75, 3.05) is 25.1 Å². The predicted octanol–water partition coefficient (Wildman–Crippen LogP) is 3.09. The van der Waals surface area contributed by atoms with E-state index in [2.05, 4.69) is 26.6 Å². The number of hydrogen-bond acceptors (Lipinski definition) is 4. The van der Waals surface area contributed by atoms with Gasteiger partial charge in [0, 0.05) is 23.2 Å². The van der Waals surface area contributed by atoms with Gasteiger partial charge in [-0.15, -0.1) is 0 Å². The molecule has 0 unspecified atom stereocenters. The lowest BCUT2D eigenvalue weighted by molar-refractivity contribution is -0.119. The fourth-order valence-corrected chi connectivity index (χ4v) is 2.70. The standard InChI is InChI=1S/C17H16BrFN2O3/c18-13-7-15-16(24-6-5-23-15)8-14(13)20-10-17(22)21-9-11-1-3-12(19)4-2-11/h1-4,7-8,20H,5-6,9-10H2,(H,21,22). The molecule has 5 nitrogen and oxygen atoms in total. The van der Waals surface area contributed by atoms with Crippen LogP contribution in [0.2, 0.25) is 0 Å². The molecule has 126 valence electrons. The summed E-state index contributed by atoms with van der Waals surface area (Å²) in [6.07, 6.45) is 0. The first-order valence-corrected chi connectivity index (χ1v) is 8.25. The average molecular weight is 395 g/mol. The number of ether oxygens (including phenoxy) is 2. The maximum absolute atomic E-state index is 12.8. The van der Waals surface area contributed by atoms with Crippen molar-refractivity contribution in [3.8, 4) is 11.5 Å². The van der Waals surface area contributed by atoms with Gasteiger partial charge in [0.05, 0.1) is 12.2 Å². The minimum Gasteiger partial charge on any atom is -0.486 e. The number of benzene rings is 2. The lowest BCUT2D eigenvalue weighted by Crippen LogP contribution is -2.29. The zero-order valence-electron chi connectivity index (χ0n) is 12.8. The lowest BCUT2D eigenvalue weighted by atomic mass is 10.2. The number of nitrogens with one attached hydrogen (secondary N) is 2. The number of carbonyl (C=O) groups is 1. The fraction of sp³-hybridized carbons (Fsp3) is 0.235. The molecular weight excluding hydrogens is 379 g/mol. The van der Waals surface area contributed by atoms with Crippen LogP contribution >= 0.6 is 15.9 Å². The van der Waals surface area contributed by atoms with Crippen LogP contribution in [0.4, 0.5) is 10.1 Å². The van der Waals surface area contributed by atoms with E-state index >= 15 is 0 Å². The highest BCUT2D eigenvalue weighted by atomic mass is 79.9. The summed E-state index contributed by atoms with van der Waals surface area (Å²) in [7, 11) is 0. The van der Waals surface area contributed by atoms with Crippen LogP contribution in [-0.2, 0) is 11.3 Å². The Morgan fingerprint density at radius 2 is 1.79 bits per heavy atom. The largest absolute Gasteiger partial charge is 0.486 e. The van der Waals surface area contributed by atoms with E-state index < -0.39 is 0 Å². The van der Waals surface area contributed by atoms with E-state index in [-0.39, 0.29) is 18.3 Å². The van der Waals surface area contributed by atoms with Gasteiger partial charge < -0.3 is 20.1 Å². The van der Waals surface area contributed by atoms with Crippen LogP contribution in [0.25, 0.3) is 0 Å². The second-order valence-corrected chi connectivity index (χ2v) is 6.09. The number of fused-ring (bicyclic) bond motifs is 1. The Balaban J connectivity index is 1.53. The number of amides is 1. The molecule has 1 aliphatic heterocycles. The zero-order valence-corrected chi connectivity index (χ0v) is 14.4. The summed E-state index contributed by atoms with van der Waals surface area (Å²) in [6, 6.07) is 9.62. The highest BCUT2D eigenvalue weighted by Gasteiger charge is 2.15. The number of rotatable bonds is 5. The molecule has 0 saturated carbocycles. The van der Waals surface area contributed by atoms with E-state index in [0.717, 1.165) is 15.7 Å². The molecule has 0 radical (unpaired) electrons. The van der Waals surface area contributed by atoms with E-state index in [4.69, 9.17) is 9.47 Å². The van der Waals surface area contributed by atoms with Crippen LogP contribution in [0.1, 0.15) is 5.56 Å². The van der Waals surface area contributed by atoms with Gasteiger partial charge >= 0.3 is 0 Å². The molecule has 2 aromatic rings. The molecule has 0 bridgehead atoms. The first-order chi connectivity index (χ1) is 11.6. The lowest BCUT2D eigenvalue weighted by Gasteiger charge is -2.20. The molecule has 0 saturated heterocycles. The molecule has 0 atom stereocenters. The van der Waals surface area contributed by atoms with Crippen molar-refractivity contribution in [3.63, 3.8) is 0 Å². The maximum Gasteiger partial charge on any atom is 0.239 e. The van der Waals surface area contributed by atoms with Crippen molar-refractivity contribution in [1.29, 1.82) is 0 Å². The highest BCUT2D eigenvalue weighted by molar-refractivity contribution is 9.10. The third-order valence-electron chi connectivity index (χ3n) is 3.47. The molecule has 24 heavy (non-hydrogen) atoms. The van der Waals surface area contributed by atoms with Gasteiger partial charge in [0.1, 0.15) is 19.0 Å². The highest BCUT2D eigenvalue weighted by Crippen LogP contribution is 2.37. The van der Waals surface area contributed by atoms with Gasteiger partial charge in [-0.05, 0) is 33.6 Å². The van der Waals surface area contributed by atoms with Crippen molar-refractivity contribution in [3.05, 3.63) is 52.3 Å². The van der Waals surface area contributed by atoms with Crippen molar-refractivity contribution in [1.82, 2.24) is 5.32 Å². The van der Waals surface area contributed by atoms with E-state index in [9.17, 15) is 9.18 Å². The van der Waals surface area contributed by atoms with Gasteiger partial charge in [-0.1, -0.05) is 12.1 Å². The number of carbonyl (C=O) groups excluding carboxylic acids is 1. The fourth-order valence-electron chi connectivity index (χ4n) is 2.24. The van der Waals surface area contributed by atoms with Crippen LogP contribution < -0.4 is 20.1 Å². The second-order valence-electron chi connectivity index (χ2n) is 5.23. The molecule has 3 rings (SSSR count). The Kier molecular flexibility index (Phi) is 5.20. The topological polar surface area (TPSA) is 59.6 Å². The van der Waals surface area contributed by atoms with Crippen molar-refractivity contribution in [2.45, 2.75) is 6.54 Å². The normalized spacial score (nSPS) is 12.6. The second kappa shape index (κ2) is 7.53. The van der Waals surface area contributed by atoms with Gasteiger partial charge in [-0.25, -0.2) is 4.39 Å². The molecule has 1 aliphatic rings. The zero-order chi connectivity index (χ0) is 16.9. The SMILES string of the molecule is O=C(CNc1cc2c(cc1Br)OCCO2)NCc1ccc(F)cc1. The van der Waals surface area contributed by atoms with Crippen molar-refractivity contribution >= 4 is 27.5 Å². The van der Waals surface area contributed by atoms with Crippen LogP contribution in [0.5, 0.6) is 11.5 Å². The summed E-state index contributed by atoms with van der Waals surface area (Å²) in [4.78, 5) is 11.9. The van der Waals surface area contributed by atoms with Crippen molar-refractivity contribution in [2.24, 2.45) is 0 Å². The van der Waals surface area contributed by atoms with E-state index in [0.29, 0.717) is 31.3 Å². The van der Waals surface area contributed by atoms with E-state index in [1.54, 1.807) is 18.2 Å². The van der Waals surface area contributed by atoms with Crippen LogP contribution in [0, 0.1) is 5.82 Å². The van der Waals surface area contributed by atoms with Crippen LogP contribution in [-0.4, -0.2) is 25.7 Å². The number of hydrogen-bond donors (Lipinski definition) is 2. The summed E-state index contributed by atoms with van der Waals surface area (Å²) in [5.41, 5.74) is 1.58. The van der Waals surface area contributed by atoms with Crippen molar-refractivity contribution < 1.29 is 18.7 Å². The smallest absolute Gasteiger partial charge is 0.239 e. The minimum absolute atomic E-state index is 0.111. The van der Waals surface area contributed by atoms with Gasteiger partial charge in [-0.2, -0.15) is 0 Å². The van der Waals surface area contributed by atoms with Gasteiger partial charge in [0.25, 0.3) is 0 Å². The number of halogens is 2. The summed E-state index contributed by atoms with van der Waals surface area (Å²) >= 11 is 3.44. The van der Waals surface area contributed by atoms with Crippen LogP contribution in [0.15, 0.2) is 40.9 Å². The van der Waals surface area contributed by atoms with E-state index in [1.165, 1.54) is 12.1 Å². The molecule has 2 N–H and O–H groups in total. The Morgan fingerprint density at radius 3 is 2.50 bits per heavy atom. The first kappa shape index (κ1) is 16.6. The average Bonchev–Trinajstić information content (AvgIpc) is 2.59.